The lowest BCUT2D eigenvalue weighted by molar-refractivity contribution is -0.133. The summed E-state index contributed by atoms with van der Waals surface area (Å²) in [6, 6.07) is 0. The third-order valence-electron chi connectivity index (χ3n) is 3.00. The first-order chi connectivity index (χ1) is 7.00. The number of primary amides is 1. The van der Waals surface area contributed by atoms with Crippen LogP contribution in [0.3, 0.4) is 0 Å². The summed E-state index contributed by atoms with van der Waals surface area (Å²) in [5.74, 6) is -1.05. The van der Waals surface area contributed by atoms with Gasteiger partial charge in [0.1, 0.15) is 0 Å². The largest absolute Gasteiger partial charge is 0.478 e. The van der Waals surface area contributed by atoms with E-state index in [1.165, 1.54) is 0 Å². The van der Waals surface area contributed by atoms with E-state index >= 15 is 0 Å². The van der Waals surface area contributed by atoms with Crippen LogP contribution in [0.25, 0.3) is 0 Å². The van der Waals surface area contributed by atoms with Crippen molar-refractivity contribution in [1.29, 1.82) is 0 Å². The lowest BCUT2D eigenvalue weighted by Crippen LogP contribution is -2.21. The molecule has 4 nitrogen and oxygen atoms in total. The van der Waals surface area contributed by atoms with Crippen molar-refractivity contribution < 1.29 is 14.7 Å². The summed E-state index contributed by atoms with van der Waals surface area (Å²) in [6.45, 7) is 2.16. The van der Waals surface area contributed by atoms with Crippen LogP contribution in [0.15, 0.2) is 11.6 Å². The number of nitrogens with two attached hydrogens (primary N) is 1. The molecule has 15 heavy (non-hydrogen) atoms. The van der Waals surface area contributed by atoms with E-state index in [1.54, 1.807) is 0 Å². The van der Waals surface area contributed by atoms with Crippen LogP contribution >= 0.6 is 0 Å². The molecule has 1 saturated carbocycles. The molecule has 0 radical (unpaired) electrons. The highest BCUT2D eigenvalue weighted by Crippen LogP contribution is 2.32. The van der Waals surface area contributed by atoms with Gasteiger partial charge in [0.25, 0.3) is 0 Å². The van der Waals surface area contributed by atoms with E-state index in [9.17, 15) is 9.59 Å². The van der Waals surface area contributed by atoms with Gasteiger partial charge in [-0.15, -0.1) is 0 Å². The second-order valence-electron chi connectivity index (χ2n) is 4.26. The molecule has 1 aliphatic carbocycles. The second-order valence-corrected chi connectivity index (χ2v) is 4.26. The topological polar surface area (TPSA) is 80.4 Å². The van der Waals surface area contributed by atoms with E-state index in [4.69, 9.17) is 10.8 Å². The maximum absolute atomic E-state index is 10.9. The highest BCUT2D eigenvalue weighted by Gasteiger charge is 2.25. The van der Waals surface area contributed by atoms with Gasteiger partial charge in [-0.2, -0.15) is 0 Å². The average molecular weight is 211 g/mol. The maximum atomic E-state index is 10.9. The number of carbonyl (C=O) groups excluding carboxylic acids is 1. The van der Waals surface area contributed by atoms with Crippen LogP contribution in [-0.2, 0) is 9.59 Å². The highest BCUT2D eigenvalue weighted by atomic mass is 16.4. The summed E-state index contributed by atoms with van der Waals surface area (Å²) in [6.07, 6.45) is 4.78. The Morgan fingerprint density at radius 3 is 2.20 bits per heavy atom. The van der Waals surface area contributed by atoms with Crippen LogP contribution < -0.4 is 5.73 Å². The Kier molecular flexibility index (Phi) is 3.88. The molecule has 1 aliphatic rings. The third kappa shape index (κ3) is 3.38. The van der Waals surface area contributed by atoms with Crippen LogP contribution in [0.5, 0.6) is 0 Å². The number of carboxylic acids is 1. The molecule has 0 saturated heterocycles. The number of hydrogen-bond acceptors (Lipinski definition) is 2. The Hall–Kier alpha value is -1.32. The first-order valence-corrected chi connectivity index (χ1v) is 5.25. The van der Waals surface area contributed by atoms with Crippen LogP contribution in [0.1, 0.15) is 32.6 Å². The zero-order valence-corrected chi connectivity index (χ0v) is 8.90. The molecule has 0 atom stereocenters. The molecule has 0 spiro atoms. The number of carbonyl (C=O) groups is 2. The Morgan fingerprint density at radius 2 is 1.80 bits per heavy atom. The lowest BCUT2D eigenvalue weighted by atomic mass is 9.79. The Bertz CT molecular complexity index is 288. The highest BCUT2D eigenvalue weighted by molar-refractivity contribution is 5.97. The molecule has 1 fully saturated rings. The Morgan fingerprint density at radius 1 is 1.27 bits per heavy atom. The van der Waals surface area contributed by atoms with E-state index in [2.05, 4.69) is 6.92 Å². The standard InChI is InChI=1S/C11H17NO3/c1-7-2-4-8(5-3-7)9(11(14)15)6-10(12)13/h6-8H,2-5H2,1H3,(H2,12,13)(H,14,15)/b9-6-. The molecule has 0 aromatic heterocycles. The number of amides is 1. The van der Waals surface area contributed by atoms with Gasteiger partial charge in [-0.05, 0) is 24.7 Å². The van der Waals surface area contributed by atoms with Crippen molar-refractivity contribution in [3.8, 4) is 0 Å². The average Bonchev–Trinajstić information content (AvgIpc) is 2.15. The Balaban J connectivity index is 2.73. The van der Waals surface area contributed by atoms with Gasteiger partial charge in [0.05, 0.1) is 0 Å². The normalized spacial score (nSPS) is 27.4. The molecule has 84 valence electrons. The zero-order valence-electron chi connectivity index (χ0n) is 8.90. The summed E-state index contributed by atoms with van der Waals surface area (Å²) in [5, 5.41) is 8.96. The van der Waals surface area contributed by atoms with Crippen LogP contribution in [-0.4, -0.2) is 17.0 Å². The summed E-state index contributed by atoms with van der Waals surface area (Å²) < 4.78 is 0. The molecule has 1 rings (SSSR count). The van der Waals surface area contributed by atoms with E-state index in [-0.39, 0.29) is 11.5 Å². The van der Waals surface area contributed by atoms with Gasteiger partial charge in [-0.25, -0.2) is 4.79 Å². The van der Waals surface area contributed by atoms with Gasteiger partial charge in [-0.1, -0.05) is 19.8 Å². The first-order valence-electron chi connectivity index (χ1n) is 5.25. The minimum absolute atomic E-state index is 0.00815. The quantitative estimate of drug-likeness (QED) is 0.690. The van der Waals surface area contributed by atoms with Crippen molar-refractivity contribution in [3.05, 3.63) is 11.6 Å². The van der Waals surface area contributed by atoms with Crippen LogP contribution in [0.2, 0.25) is 0 Å². The SMILES string of the molecule is CC1CCC(/C(=C/C(N)=O)C(=O)O)CC1. The van der Waals surface area contributed by atoms with Crippen molar-refractivity contribution in [1.82, 2.24) is 0 Å². The fraction of sp³-hybridized carbons (Fsp3) is 0.636. The summed E-state index contributed by atoms with van der Waals surface area (Å²) in [7, 11) is 0. The fourth-order valence-corrected chi connectivity index (χ4v) is 2.08. The number of rotatable bonds is 3. The van der Waals surface area contributed by atoms with E-state index in [0.717, 1.165) is 31.8 Å². The minimum atomic E-state index is -1.02. The molecule has 3 N–H and O–H groups in total. The van der Waals surface area contributed by atoms with Crippen molar-refractivity contribution in [3.63, 3.8) is 0 Å². The summed E-state index contributed by atoms with van der Waals surface area (Å²) in [4.78, 5) is 21.6. The van der Waals surface area contributed by atoms with Crippen LogP contribution in [0.4, 0.5) is 0 Å². The fourth-order valence-electron chi connectivity index (χ4n) is 2.08. The molecule has 0 aromatic carbocycles. The van der Waals surface area contributed by atoms with Crippen molar-refractivity contribution in [2.75, 3.05) is 0 Å². The van der Waals surface area contributed by atoms with Crippen molar-refractivity contribution in [2.45, 2.75) is 32.6 Å². The summed E-state index contributed by atoms with van der Waals surface area (Å²) >= 11 is 0. The van der Waals surface area contributed by atoms with Crippen LogP contribution in [0, 0.1) is 11.8 Å². The predicted octanol–water partition coefficient (Wildman–Crippen LogP) is 1.31. The second kappa shape index (κ2) is 4.96. The molecular formula is C11H17NO3. The first kappa shape index (κ1) is 11.8. The summed E-state index contributed by atoms with van der Waals surface area (Å²) in [5.41, 5.74) is 5.16. The number of aliphatic carboxylic acids is 1. The zero-order chi connectivity index (χ0) is 11.4. The molecule has 1 amide bonds. The minimum Gasteiger partial charge on any atom is -0.478 e. The lowest BCUT2D eigenvalue weighted by Gasteiger charge is -2.26. The molecule has 4 heteroatoms. The smallest absolute Gasteiger partial charge is 0.332 e. The molecule has 0 bridgehead atoms. The van der Waals surface area contributed by atoms with Gasteiger partial charge < -0.3 is 10.8 Å². The monoisotopic (exact) mass is 211 g/mol. The van der Waals surface area contributed by atoms with E-state index < -0.39 is 11.9 Å². The Labute approximate surface area is 89.2 Å². The molecule has 0 aromatic rings. The van der Waals surface area contributed by atoms with Gasteiger partial charge in [0.2, 0.25) is 5.91 Å². The maximum Gasteiger partial charge on any atom is 0.332 e. The molecule has 0 heterocycles. The molecular weight excluding hydrogens is 194 g/mol. The predicted molar refractivity (Wildman–Crippen MR) is 56.0 cm³/mol. The van der Waals surface area contributed by atoms with Gasteiger partial charge in [-0.3, -0.25) is 4.79 Å². The van der Waals surface area contributed by atoms with E-state index in [1.807, 2.05) is 0 Å². The van der Waals surface area contributed by atoms with E-state index in [0.29, 0.717) is 5.92 Å². The van der Waals surface area contributed by atoms with Crippen molar-refractivity contribution >= 4 is 11.9 Å². The van der Waals surface area contributed by atoms with Crippen molar-refractivity contribution in [2.24, 2.45) is 17.6 Å². The number of hydrogen-bond donors (Lipinski definition) is 2. The van der Waals surface area contributed by atoms with Gasteiger partial charge in [0, 0.05) is 11.6 Å². The molecule has 0 aliphatic heterocycles. The third-order valence-corrected chi connectivity index (χ3v) is 3.00. The molecule has 0 unspecified atom stereocenters. The van der Waals surface area contributed by atoms with Gasteiger partial charge >= 0.3 is 5.97 Å². The van der Waals surface area contributed by atoms with Gasteiger partial charge in [0.15, 0.2) is 0 Å². The number of carboxylic acid groups (broad SMARTS) is 1.